The van der Waals surface area contributed by atoms with Gasteiger partial charge >= 0.3 is 0 Å². The Morgan fingerprint density at radius 2 is 1.90 bits per heavy atom. The van der Waals surface area contributed by atoms with Gasteiger partial charge in [0.25, 0.3) is 5.95 Å². The van der Waals surface area contributed by atoms with Crippen LogP contribution in [0.2, 0.25) is 0 Å². The third kappa shape index (κ3) is 4.12. The molecule has 2 atom stereocenters. The fraction of sp³-hybridized carbons (Fsp3) is 0.318. The molecule has 156 valence electrons. The molecule has 1 amide bonds. The Bertz CT molecular complexity index is 1020. The van der Waals surface area contributed by atoms with Crippen LogP contribution in [0.25, 0.3) is 0 Å². The van der Waals surface area contributed by atoms with Gasteiger partial charge in [-0.15, -0.1) is 5.10 Å². The minimum absolute atomic E-state index is 0.0261. The minimum atomic E-state index is -0.286. The predicted octanol–water partition coefficient (Wildman–Crippen LogP) is 4.31. The highest BCUT2D eigenvalue weighted by Crippen LogP contribution is 2.38. The van der Waals surface area contributed by atoms with Gasteiger partial charge in [-0.1, -0.05) is 31.2 Å². The molecule has 0 saturated heterocycles. The number of hydrogen-bond acceptors (Lipinski definition) is 5. The van der Waals surface area contributed by atoms with Crippen molar-refractivity contribution in [1.82, 2.24) is 14.8 Å². The highest BCUT2D eigenvalue weighted by atomic mass is 19.1. The van der Waals surface area contributed by atoms with Crippen molar-refractivity contribution in [3.63, 3.8) is 0 Å². The number of ether oxygens (including phenoxy) is 1. The molecule has 1 aliphatic heterocycles. The zero-order chi connectivity index (χ0) is 21.1. The molecule has 7 nitrogen and oxygen atoms in total. The second kappa shape index (κ2) is 8.52. The number of carbonyl (C=O) groups excluding carboxylic acids is 1. The second-order valence-corrected chi connectivity index (χ2v) is 7.27. The first kappa shape index (κ1) is 19.9. The number of anilines is 2. The van der Waals surface area contributed by atoms with Crippen LogP contribution in [0.4, 0.5) is 16.3 Å². The number of benzene rings is 2. The topological polar surface area (TPSA) is 81.1 Å². The lowest BCUT2D eigenvalue weighted by Gasteiger charge is -2.31. The molecule has 0 saturated carbocycles. The number of aromatic nitrogens is 3. The molecule has 0 spiro atoms. The van der Waals surface area contributed by atoms with E-state index in [1.807, 2.05) is 31.2 Å². The SMILES string of the molecule is CCCC(=O)Nc1nc2n(n1)[C@H](c1ccc(F)cc1)C[C@H](c1ccc(OC)cc1)N2. The molecule has 0 radical (unpaired) electrons. The highest BCUT2D eigenvalue weighted by molar-refractivity contribution is 5.88. The Hall–Kier alpha value is -3.42. The summed E-state index contributed by atoms with van der Waals surface area (Å²) in [6.07, 6.45) is 1.85. The molecular weight excluding hydrogens is 385 g/mol. The van der Waals surface area contributed by atoms with Crippen LogP contribution >= 0.6 is 0 Å². The number of carbonyl (C=O) groups is 1. The average Bonchev–Trinajstić information content (AvgIpc) is 3.16. The summed E-state index contributed by atoms with van der Waals surface area (Å²) in [5.41, 5.74) is 2.00. The molecule has 0 bridgehead atoms. The van der Waals surface area contributed by atoms with E-state index < -0.39 is 0 Å². The van der Waals surface area contributed by atoms with Gasteiger partial charge in [0, 0.05) is 6.42 Å². The van der Waals surface area contributed by atoms with Gasteiger partial charge in [0.15, 0.2) is 0 Å². The molecule has 1 aliphatic rings. The van der Waals surface area contributed by atoms with Crippen molar-refractivity contribution < 1.29 is 13.9 Å². The Kier molecular flexibility index (Phi) is 5.65. The first-order chi connectivity index (χ1) is 14.6. The predicted molar refractivity (Wildman–Crippen MR) is 112 cm³/mol. The normalized spacial score (nSPS) is 17.7. The first-order valence-corrected chi connectivity index (χ1v) is 9.99. The Morgan fingerprint density at radius 3 is 2.57 bits per heavy atom. The first-order valence-electron chi connectivity index (χ1n) is 9.99. The van der Waals surface area contributed by atoms with Crippen molar-refractivity contribution >= 4 is 17.8 Å². The summed E-state index contributed by atoms with van der Waals surface area (Å²) in [5, 5.41) is 10.7. The van der Waals surface area contributed by atoms with Crippen molar-refractivity contribution in [2.24, 2.45) is 0 Å². The standard InChI is InChI=1S/C22H24FN5O2/c1-3-4-20(29)25-21-26-22-24-18(14-7-11-17(30-2)12-8-14)13-19(28(22)27-21)15-5-9-16(23)10-6-15/h5-12,18-19H,3-4,13H2,1-2H3,(H2,24,25,26,27,29)/t18-,19+/m1/s1. The van der Waals surface area contributed by atoms with Gasteiger partial charge in [0.05, 0.1) is 19.2 Å². The fourth-order valence-corrected chi connectivity index (χ4v) is 3.66. The zero-order valence-corrected chi connectivity index (χ0v) is 16.9. The lowest BCUT2D eigenvalue weighted by Crippen LogP contribution is -2.28. The van der Waals surface area contributed by atoms with Crippen LogP contribution in [0.5, 0.6) is 5.75 Å². The quantitative estimate of drug-likeness (QED) is 0.634. The van der Waals surface area contributed by atoms with E-state index in [2.05, 4.69) is 20.7 Å². The Balaban J connectivity index is 1.68. The maximum absolute atomic E-state index is 13.5. The summed E-state index contributed by atoms with van der Waals surface area (Å²) in [6, 6.07) is 14.1. The largest absolute Gasteiger partial charge is 0.497 e. The summed E-state index contributed by atoms with van der Waals surface area (Å²) in [5.74, 6) is 1.20. The molecule has 0 aliphatic carbocycles. The van der Waals surface area contributed by atoms with Crippen LogP contribution in [0.1, 0.15) is 49.4 Å². The molecule has 2 N–H and O–H groups in total. The number of methoxy groups -OCH3 is 1. The van der Waals surface area contributed by atoms with Gasteiger partial charge in [-0.3, -0.25) is 10.1 Å². The number of amides is 1. The second-order valence-electron chi connectivity index (χ2n) is 7.27. The van der Waals surface area contributed by atoms with Gasteiger partial charge < -0.3 is 10.1 Å². The van der Waals surface area contributed by atoms with E-state index in [9.17, 15) is 9.18 Å². The van der Waals surface area contributed by atoms with Crippen molar-refractivity contribution in [3.05, 3.63) is 65.5 Å². The summed E-state index contributed by atoms with van der Waals surface area (Å²) < 4.78 is 20.5. The Morgan fingerprint density at radius 1 is 1.20 bits per heavy atom. The van der Waals surface area contributed by atoms with Gasteiger partial charge in [0.2, 0.25) is 11.9 Å². The molecule has 2 heterocycles. The van der Waals surface area contributed by atoms with E-state index in [1.165, 1.54) is 12.1 Å². The number of halogens is 1. The van der Waals surface area contributed by atoms with Crippen LogP contribution in [0.3, 0.4) is 0 Å². The fourth-order valence-electron chi connectivity index (χ4n) is 3.66. The van der Waals surface area contributed by atoms with Crippen LogP contribution < -0.4 is 15.4 Å². The molecule has 8 heteroatoms. The number of nitrogens with one attached hydrogen (secondary N) is 2. The third-order valence-electron chi connectivity index (χ3n) is 5.19. The lowest BCUT2D eigenvalue weighted by molar-refractivity contribution is -0.116. The van der Waals surface area contributed by atoms with E-state index in [-0.39, 0.29) is 29.8 Å². The smallest absolute Gasteiger partial charge is 0.250 e. The van der Waals surface area contributed by atoms with E-state index in [1.54, 1.807) is 23.9 Å². The van der Waals surface area contributed by atoms with Crippen molar-refractivity contribution in [2.75, 3.05) is 17.7 Å². The van der Waals surface area contributed by atoms with E-state index in [0.717, 1.165) is 23.3 Å². The third-order valence-corrected chi connectivity index (χ3v) is 5.19. The van der Waals surface area contributed by atoms with Crippen molar-refractivity contribution in [1.29, 1.82) is 0 Å². The average molecular weight is 409 g/mol. The molecule has 0 fully saturated rings. The van der Waals surface area contributed by atoms with Crippen LogP contribution in [-0.2, 0) is 4.79 Å². The molecule has 2 aromatic carbocycles. The molecule has 4 rings (SSSR count). The maximum atomic E-state index is 13.5. The van der Waals surface area contributed by atoms with Crippen molar-refractivity contribution in [3.8, 4) is 5.75 Å². The number of nitrogens with zero attached hydrogens (tertiary/aromatic N) is 3. The summed E-state index contributed by atoms with van der Waals surface area (Å²) in [4.78, 5) is 16.5. The van der Waals surface area contributed by atoms with Crippen LogP contribution in [0, 0.1) is 5.82 Å². The summed E-state index contributed by atoms with van der Waals surface area (Å²) >= 11 is 0. The van der Waals surface area contributed by atoms with Crippen molar-refractivity contribution in [2.45, 2.75) is 38.3 Å². The molecule has 30 heavy (non-hydrogen) atoms. The number of hydrogen-bond donors (Lipinski definition) is 2. The van der Waals surface area contributed by atoms with Gasteiger partial charge in [0.1, 0.15) is 11.6 Å². The number of fused-ring (bicyclic) bond motifs is 1. The van der Waals surface area contributed by atoms with Gasteiger partial charge in [-0.2, -0.15) is 4.98 Å². The summed E-state index contributed by atoms with van der Waals surface area (Å²) in [7, 11) is 1.63. The molecular formula is C22H24FN5O2. The van der Waals surface area contributed by atoms with E-state index in [0.29, 0.717) is 18.8 Å². The van der Waals surface area contributed by atoms with Gasteiger partial charge in [-0.25, -0.2) is 9.07 Å². The van der Waals surface area contributed by atoms with E-state index >= 15 is 0 Å². The van der Waals surface area contributed by atoms with E-state index in [4.69, 9.17) is 4.74 Å². The van der Waals surface area contributed by atoms with Gasteiger partial charge in [-0.05, 0) is 48.2 Å². The van der Waals surface area contributed by atoms with Crippen LogP contribution in [-0.4, -0.2) is 27.8 Å². The highest BCUT2D eigenvalue weighted by Gasteiger charge is 2.31. The molecule has 1 aromatic heterocycles. The monoisotopic (exact) mass is 409 g/mol. The lowest BCUT2D eigenvalue weighted by atomic mass is 9.93. The minimum Gasteiger partial charge on any atom is -0.497 e. The Labute approximate surface area is 174 Å². The zero-order valence-electron chi connectivity index (χ0n) is 16.9. The maximum Gasteiger partial charge on any atom is 0.250 e. The molecule has 0 unspecified atom stereocenters. The van der Waals surface area contributed by atoms with Crippen LogP contribution in [0.15, 0.2) is 48.5 Å². The number of rotatable bonds is 6. The molecule has 3 aromatic rings. The summed E-state index contributed by atoms with van der Waals surface area (Å²) in [6.45, 7) is 1.94.